The molecule has 0 bridgehead atoms. The molecule has 0 unspecified atom stereocenters. The van der Waals surface area contributed by atoms with E-state index in [4.69, 9.17) is 4.55 Å². The van der Waals surface area contributed by atoms with Gasteiger partial charge in [0.25, 0.3) is 10.1 Å². The Morgan fingerprint density at radius 2 is 2.00 bits per heavy atom. The van der Waals surface area contributed by atoms with Gasteiger partial charge in [0.2, 0.25) is 0 Å². The van der Waals surface area contributed by atoms with Crippen LogP contribution in [0.15, 0.2) is 29.3 Å². The fourth-order valence-electron chi connectivity index (χ4n) is 1.19. The van der Waals surface area contributed by atoms with E-state index in [1.54, 1.807) is 25.1 Å². The molecular formula is C10H13NO4S. The summed E-state index contributed by atoms with van der Waals surface area (Å²) < 4.78 is 29.4. The highest BCUT2D eigenvalue weighted by Gasteiger charge is 2.05. The van der Waals surface area contributed by atoms with Crippen molar-refractivity contribution in [2.45, 2.75) is 6.92 Å². The third-order valence-electron chi connectivity index (χ3n) is 1.99. The molecule has 0 heterocycles. The first-order chi connectivity index (χ1) is 7.40. The normalized spacial score (nSPS) is 12.8. The van der Waals surface area contributed by atoms with Gasteiger partial charge in [-0.15, -0.1) is 0 Å². The van der Waals surface area contributed by atoms with E-state index in [1.807, 2.05) is 0 Å². The predicted octanol–water partition coefficient (Wildman–Crippen LogP) is 1.09. The summed E-state index contributed by atoms with van der Waals surface area (Å²) in [5.41, 5.74) is 1.08. The second-order valence-electron chi connectivity index (χ2n) is 3.27. The highest BCUT2D eigenvalue weighted by atomic mass is 32.2. The number of phenols is 1. The molecule has 0 fully saturated rings. The fraction of sp³-hybridized carbons (Fsp3) is 0.300. The van der Waals surface area contributed by atoms with Crippen molar-refractivity contribution in [3.63, 3.8) is 0 Å². The first-order valence-corrected chi connectivity index (χ1v) is 6.25. The van der Waals surface area contributed by atoms with Crippen LogP contribution in [0.25, 0.3) is 0 Å². The number of nitrogens with zero attached hydrogens (tertiary/aromatic N) is 1. The fourth-order valence-corrected chi connectivity index (χ4v) is 1.52. The second-order valence-corrected chi connectivity index (χ2v) is 4.84. The molecule has 0 spiro atoms. The van der Waals surface area contributed by atoms with E-state index in [1.165, 1.54) is 6.07 Å². The largest absolute Gasteiger partial charge is 0.507 e. The van der Waals surface area contributed by atoms with Gasteiger partial charge < -0.3 is 5.11 Å². The predicted molar refractivity (Wildman–Crippen MR) is 61.6 cm³/mol. The number of benzene rings is 1. The number of rotatable bonds is 4. The van der Waals surface area contributed by atoms with Gasteiger partial charge >= 0.3 is 0 Å². The minimum atomic E-state index is -3.98. The summed E-state index contributed by atoms with van der Waals surface area (Å²) in [6.07, 6.45) is 0. The maximum Gasteiger partial charge on any atom is 0.266 e. The van der Waals surface area contributed by atoms with Crippen molar-refractivity contribution in [1.29, 1.82) is 0 Å². The van der Waals surface area contributed by atoms with Gasteiger partial charge in [-0.3, -0.25) is 9.55 Å². The Morgan fingerprint density at radius 1 is 1.38 bits per heavy atom. The van der Waals surface area contributed by atoms with E-state index in [0.29, 0.717) is 11.3 Å². The Bertz CT molecular complexity index is 493. The smallest absolute Gasteiger partial charge is 0.266 e. The van der Waals surface area contributed by atoms with Gasteiger partial charge in [-0.1, -0.05) is 12.1 Å². The molecule has 0 aliphatic heterocycles. The molecule has 0 atom stereocenters. The molecule has 0 radical (unpaired) electrons. The lowest BCUT2D eigenvalue weighted by Gasteiger charge is -2.03. The van der Waals surface area contributed by atoms with Gasteiger partial charge in [-0.05, 0) is 19.1 Å². The van der Waals surface area contributed by atoms with E-state index >= 15 is 0 Å². The highest BCUT2D eigenvalue weighted by Crippen LogP contribution is 2.16. The molecule has 6 heteroatoms. The summed E-state index contributed by atoms with van der Waals surface area (Å²) in [4.78, 5) is 3.96. The standard InChI is InChI=1S/C10H13NO4S/c1-8(11-6-7-16(13,14)15)9-4-2-3-5-10(9)12/h2-5,12H,6-7H2,1H3,(H,13,14,15). The maximum absolute atomic E-state index is 10.5. The minimum absolute atomic E-state index is 0.0288. The van der Waals surface area contributed by atoms with Crippen LogP contribution in [0.2, 0.25) is 0 Å². The van der Waals surface area contributed by atoms with Crippen LogP contribution < -0.4 is 0 Å². The summed E-state index contributed by atoms with van der Waals surface area (Å²) in [5, 5.41) is 9.49. The topological polar surface area (TPSA) is 87.0 Å². The van der Waals surface area contributed by atoms with Gasteiger partial charge in [0, 0.05) is 11.3 Å². The number of para-hydroxylation sites is 1. The van der Waals surface area contributed by atoms with Gasteiger partial charge in [0.15, 0.2) is 0 Å². The van der Waals surface area contributed by atoms with Gasteiger partial charge in [-0.2, -0.15) is 8.42 Å². The molecule has 0 saturated carbocycles. The van der Waals surface area contributed by atoms with Crippen molar-refractivity contribution < 1.29 is 18.1 Å². The van der Waals surface area contributed by atoms with Gasteiger partial charge in [0.05, 0.1) is 12.3 Å². The summed E-state index contributed by atoms with van der Waals surface area (Å²) in [5.74, 6) is -0.326. The number of aromatic hydroxyl groups is 1. The Hall–Kier alpha value is -1.40. The first-order valence-electron chi connectivity index (χ1n) is 4.65. The van der Waals surface area contributed by atoms with E-state index in [9.17, 15) is 13.5 Å². The lowest BCUT2D eigenvalue weighted by atomic mass is 10.1. The molecule has 0 saturated heterocycles. The summed E-state index contributed by atoms with van der Waals surface area (Å²) in [6.45, 7) is 1.64. The van der Waals surface area contributed by atoms with Crippen LogP contribution in [-0.2, 0) is 10.1 Å². The highest BCUT2D eigenvalue weighted by molar-refractivity contribution is 7.85. The molecule has 0 amide bonds. The Morgan fingerprint density at radius 3 is 2.56 bits per heavy atom. The van der Waals surface area contributed by atoms with E-state index < -0.39 is 15.9 Å². The Kier molecular flexibility index (Phi) is 4.03. The van der Waals surface area contributed by atoms with Crippen LogP contribution >= 0.6 is 0 Å². The summed E-state index contributed by atoms with van der Waals surface area (Å²) in [7, 11) is -3.98. The summed E-state index contributed by atoms with van der Waals surface area (Å²) in [6, 6.07) is 6.64. The van der Waals surface area contributed by atoms with Gasteiger partial charge in [0.1, 0.15) is 5.75 Å². The number of phenolic OH excluding ortho intramolecular Hbond substituents is 1. The van der Waals surface area contributed by atoms with Crippen LogP contribution in [0.4, 0.5) is 0 Å². The number of hydrogen-bond acceptors (Lipinski definition) is 4. The summed E-state index contributed by atoms with van der Waals surface area (Å²) >= 11 is 0. The van der Waals surface area contributed by atoms with Crippen LogP contribution in [0.3, 0.4) is 0 Å². The van der Waals surface area contributed by atoms with Gasteiger partial charge in [-0.25, -0.2) is 0 Å². The molecular weight excluding hydrogens is 230 g/mol. The molecule has 5 nitrogen and oxygen atoms in total. The van der Waals surface area contributed by atoms with Crippen LogP contribution in [0.5, 0.6) is 5.75 Å². The SMILES string of the molecule is CC(=NCCS(=O)(=O)O)c1ccccc1O. The van der Waals surface area contributed by atoms with Crippen LogP contribution in [-0.4, -0.2) is 36.1 Å². The zero-order chi connectivity index (χ0) is 12.2. The van der Waals surface area contributed by atoms with E-state index in [0.717, 1.165) is 0 Å². The molecule has 0 aromatic heterocycles. The molecule has 1 rings (SSSR count). The van der Waals surface area contributed by atoms with Crippen LogP contribution in [0, 0.1) is 0 Å². The molecule has 0 aliphatic carbocycles. The first kappa shape index (κ1) is 12.7. The van der Waals surface area contributed by atoms with E-state index in [2.05, 4.69) is 4.99 Å². The van der Waals surface area contributed by atoms with Crippen molar-refractivity contribution in [1.82, 2.24) is 0 Å². The second kappa shape index (κ2) is 5.09. The zero-order valence-corrected chi connectivity index (χ0v) is 9.61. The van der Waals surface area contributed by atoms with Crippen LogP contribution in [0.1, 0.15) is 12.5 Å². The number of aliphatic imine (C=N–C) groups is 1. The molecule has 16 heavy (non-hydrogen) atoms. The Labute approximate surface area is 94.2 Å². The lowest BCUT2D eigenvalue weighted by molar-refractivity contribution is 0.474. The number of hydrogen-bond donors (Lipinski definition) is 2. The van der Waals surface area contributed by atoms with Crippen molar-refractivity contribution in [3.05, 3.63) is 29.8 Å². The van der Waals surface area contributed by atoms with Crippen molar-refractivity contribution in [3.8, 4) is 5.75 Å². The quantitative estimate of drug-likeness (QED) is 0.612. The van der Waals surface area contributed by atoms with Crippen molar-refractivity contribution in [2.75, 3.05) is 12.3 Å². The third kappa shape index (κ3) is 4.00. The zero-order valence-electron chi connectivity index (χ0n) is 8.79. The van der Waals surface area contributed by atoms with Crippen molar-refractivity contribution >= 4 is 15.8 Å². The average Bonchev–Trinajstić information content (AvgIpc) is 2.16. The van der Waals surface area contributed by atoms with Crippen molar-refractivity contribution in [2.24, 2.45) is 4.99 Å². The minimum Gasteiger partial charge on any atom is -0.507 e. The third-order valence-corrected chi connectivity index (χ3v) is 2.69. The Balaban J connectivity index is 2.75. The molecule has 2 N–H and O–H groups in total. The molecule has 0 aliphatic rings. The lowest BCUT2D eigenvalue weighted by Crippen LogP contribution is -2.08. The van der Waals surface area contributed by atoms with E-state index in [-0.39, 0.29) is 12.3 Å². The average molecular weight is 243 g/mol. The molecule has 88 valence electrons. The molecule has 1 aromatic rings. The monoisotopic (exact) mass is 243 g/mol. The maximum atomic E-state index is 10.5. The molecule has 1 aromatic carbocycles.